The topological polar surface area (TPSA) is 0 Å². The van der Waals surface area contributed by atoms with E-state index in [-0.39, 0.29) is 57.0 Å². The third-order valence-electron chi connectivity index (χ3n) is 0. The fourth-order valence-electron chi connectivity index (χ4n) is 0. The molecule has 0 spiro atoms. The Morgan fingerprint density at radius 3 is 0.800 bits per heavy atom. The van der Waals surface area contributed by atoms with Gasteiger partial charge in [-0.05, 0) is 0 Å². The number of rotatable bonds is 0. The van der Waals surface area contributed by atoms with E-state index < -0.39 is 0 Å². The molecule has 0 fully saturated rings. The van der Waals surface area contributed by atoms with Gasteiger partial charge in [0.2, 0.25) is 0 Å². The zero-order valence-electron chi connectivity index (χ0n) is 2.62. The summed E-state index contributed by atoms with van der Waals surface area (Å²) in [6.07, 6.45) is 8.00. The Labute approximate surface area is 69.4 Å². The normalized spacial score (nSPS) is 0.400. The Kier molecular flexibility index (Phi) is 395. The van der Waals surface area contributed by atoms with E-state index in [2.05, 4.69) is 12.8 Å². The molecule has 0 N–H and O–H groups in total. The molecule has 0 aliphatic rings. The molecule has 0 radical (unpaired) electrons. The van der Waals surface area contributed by atoms with Gasteiger partial charge in [0.15, 0.2) is 0 Å². The van der Waals surface area contributed by atoms with Crippen molar-refractivity contribution in [2.24, 2.45) is 0 Å². The van der Waals surface area contributed by atoms with Gasteiger partial charge in [0.05, 0.1) is 0 Å². The van der Waals surface area contributed by atoms with Gasteiger partial charge >= 0.3 is 23.1 Å². The minimum atomic E-state index is 0. The minimum absolute atomic E-state index is 0. The van der Waals surface area contributed by atoms with E-state index in [0.29, 0.717) is 0 Å². The zero-order valence-corrected chi connectivity index (χ0v) is 7.20. The molecule has 0 saturated heterocycles. The van der Waals surface area contributed by atoms with Crippen LogP contribution >= 0.6 is 0 Å². The number of hydrogen-bond donors (Lipinski definition) is 0. The molecule has 0 nitrogen and oxygen atoms in total. The largest absolute Gasteiger partial charge is 2.00 e. The van der Waals surface area contributed by atoms with Gasteiger partial charge in [0.25, 0.3) is 0 Å². The Morgan fingerprint density at radius 2 is 0.800 bits per heavy atom. The Hall–Kier alpha value is 1.29. The fraction of sp³-hybridized carbons (Fsp3) is 0. The van der Waals surface area contributed by atoms with Crippen molar-refractivity contribution >= 4 is 23.1 Å². The molecule has 0 aliphatic heterocycles. The molecule has 0 unspecified atom stereocenters. The first kappa shape index (κ1) is 33.6. The molecule has 0 saturated carbocycles. The van der Waals surface area contributed by atoms with Crippen LogP contribution in [0.25, 0.3) is 0 Å². The molecule has 0 aromatic heterocycles. The summed E-state index contributed by atoms with van der Waals surface area (Å²) in [5, 5.41) is 0. The van der Waals surface area contributed by atoms with Gasteiger partial charge in [-0.1, -0.05) is 0 Å². The van der Waals surface area contributed by atoms with Crippen LogP contribution in [0, 0.1) is 12.8 Å². The van der Waals surface area contributed by atoms with Crippen LogP contribution in [0.5, 0.6) is 0 Å². The predicted molar refractivity (Wildman–Crippen MR) is 15.6 cm³/mol. The van der Waals surface area contributed by atoms with Crippen molar-refractivity contribution in [1.82, 2.24) is 0 Å². The summed E-state index contributed by atoms with van der Waals surface area (Å²) < 4.78 is 0. The first-order valence-electron chi connectivity index (χ1n) is 0.333. The van der Waals surface area contributed by atoms with Gasteiger partial charge in [0.1, 0.15) is 0 Å². The number of halogens is 2. The summed E-state index contributed by atoms with van der Waals surface area (Å²) in [4.78, 5) is 0. The fourth-order valence-corrected chi connectivity index (χ4v) is 0. The molecule has 26 valence electrons. The predicted octanol–water partition coefficient (Wildman–Crippen LogP) is -6.12. The Morgan fingerprint density at radius 1 is 0.800 bits per heavy atom. The third-order valence-corrected chi connectivity index (χ3v) is 0. The summed E-state index contributed by atoms with van der Waals surface area (Å²) in [5.74, 6) is 0. The van der Waals surface area contributed by atoms with E-state index >= 15 is 0 Å². The van der Waals surface area contributed by atoms with Crippen LogP contribution in [-0.2, 0) is 0 Å². The van der Waals surface area contributed by atoms with Gasteiger partial charge in [-0.2, -0.15) is 0 Å². The minimum Gasteiger partial charge on any atom is -1.00 e. The van der Waals surface area contributed by atoms with E-state index in [0.717, 1.165) is 0 Å². The van der Waals surface area contributed by atoms with E-state index in [1.807, 2.05) is 0 Å². The van der Waals surface area contributed by atoms with E-state index in [1.54, 1.807) is 0 Å². The Balaban J connectivity index is -0.00000000167. The van der Waals surface area contributed by atoms with E-state index in [9.17, 15) is 0 Å². The molecule has 3 heteroatoms. The summed E-state index contributed by atoms with van der Waals surface area (Å²) in [7, 11) is 0. The molecule has 0 aromatic rings. The number of terminal acetylenes is 1. The van der Waals surface area contributed by atoms with Crippen molar-refractivity contribution in [1.29, 1.82) is 0 Å². The summed E-state index contributed by atoms with van der Waals surface area (Å²) in [6, 6.07) is 0. The molecule has 0 amide bonds. The van der Waals surface area contributed by atoms with E-state index in [4.69, 9.17) is 0 Å². The van der Waals surface area contributed by atoms with Crippen molar-refractivity contribution in [2.45, 2.75) is 0 Å². The van der Waals surface area contributed by atoms with Crippen LogP contribution in [0.4, 0.5) is 0 Å². The third kappa shape index (κ3) is 34.5. The number of hydrogen-bond acceptors (Lipinski definition) is 0. The average molecular weight is 210 g/mol. The van der Waals surface area contributed by atoms with Crippen LogP contribution in [0.15, 0.2) is 0 Å². The molecule has 0 heterocycles. The second kappa shape index (κ2) is 58.7. The van der Waals surface area contributed by atoms with Crippen LogP contribution in [-0.4, -0.2) is 23.1 Å². The summed E-state index contributed by atoms with van der Waals surface area (Å²) in [6.45, 7) is 0. The average Bonchev–Trinajstić information content (AvgIpc) is 1.00. The second-order valence-corrected chi connectivity index (χ2v) is 0. The van der Waals surface area contributed by atoms with Gasteiger partial charge in [-0.25, -0.2) is 0 Å². The maximum Gasteiger partial charge on any atom is 2.00 e. The SMILES string of the molecule is C#C.[Br-].[Br-].[Mg+2]. The molecule has 0 aliphatic carbocycles. The maximum atomic E-state index is 4.00. The molecule has 5 heavy (non-hydrogen) atoms. The monoisotopic (exact) mass is 208 g/mol. The van der Waals surface area contributed by atoms with Crippen molar-refractivity contribution in [2.75, 3.05) is 0 Å². The second-order valence-electron chi connectivity index (χ2n) is 0. The van der Waals surface area contributed by atoms with Gasteiger partial charge in [-0.3, -0.25) is 0 Å². The summed E-state index contributed by atoms with van der Waals surface area (Å²) >= 11 is 0. The van der Waals surface area contributed by atoms with Crippen molar-refractivity contribution < 1.29 is 34.0 Å². The molecule has 0 aromatic carbocycles. The maximum absolute atomic E-state index is 4.00. The van der Waals surface area contributed by atoms with E-state index in [1.165, 1.54) is 0 Å². The molecule has 0 bridgehead atoms. The van der Waals surface area contributed by atoms with Crippen molar-refractivity contribution in [3.8, 4) is 12.8 Å². The van der Waals surface area contributed by atoms with Crippen molar-refractivity contribution in [3.63, 3.8) is 0 Å². The zero-order chi connectivity index (χ0) is 2.00. The smallest absolute Gasteiger partial charge is 1.00 e. The standard InChI is InChI=1S/C2H2.2BrH.Mg/c1-2;;;/h1-2H;2*1H;/q;;;+2/p-2. The van der Waals surface area contributed by atoms with Gasteiger partial charge < -0.3 is 34.0 Å². The Bertz CT molecular complexity index is 12.4. The first-order chi connectivity index (χ1) is 1.00. The molecular formula is C2H2Br2Mg. The summed E-state index contributed by atoms with van der Waals surface area (Å²) in [5.41, 5.74) is 0. The van der Waals surface area contributed by atoms with Crippen LogP contribution in [0.1, 0.15) is 0 Å². The van der Waals surface area contributed by atoms with Gasteiger partial charge in [-0.15, -0.1) is 12.8 Å². The van der Waals surface area contributed by atoms with Crippen LogP contribution < -0.4 is 34.0 Å². The molecule has 0 rings (SSSR count). The quantitative estimate of drug-likeness (QED) is 0.276. The van der Waals surface area contributed by atoms with Crippen LogP contribution in [0.3, 0.4) is 0 Å². The molecular weight excluding hydrogens is 208 g/mol. The van der Waals surface area contributed by atoms with Crippen LogP contribution in [0.2, 0.25) is 0 Å². The van der Waals surface area contributed by atoms with Gasteiger partial charge in [0, 0.05) is 0 Å². The van der Waals surface area contributed by atoms with Crippen molar-refractivity contribution in [3.05, 3.63) is 0 Å². The first-order valence-corrected chi connectivity index (χ1v) is 0.333. The molecule has 0 atom stereocenters.